The minimum Gasteiger partial charge on any atom is -0.310 e. The summed E-state index contributed by atoms with van der Waals surface area (Å²) in [5, 5.41) is 3.42. The third kappa shape index (κ3) is 7.15. The van der Waals surface area contributed by atoms with E-state index < -0.39 is 0 Å². The zero-order valence-corrected chi connectivity index (χ0v) is 10.7. The molecule has 1 rings (SSSR count). The van der Waals surface area contributed by atoms with Crippen molar-refractivity contribution in [2.45, 2.75) is 40.7 Å². The summed E-state index contributed by atoms with van der Waals surface area (Å²) in [6.07, 6.45) is 10.9. The van der Waals surface area contributed by atoms with Gasteiger partial charge in [-0.1, -0.05) is 65.0 Å². The van der Waals surface area contributed by atoms with E-state index >= 15 is 0 Å². The summed E-state index contributed by atoms with van der Waals surface area (Å²) in [7, 11) is 0. The van der Waals surface area contributed by atoms with Crippen LogP contribution in [0.15, 0.2) is 36.0 Å². The summed E-state index contributed by atoms with van der Waals surface area (Å²) >= 11 is 0. The molecule has 1 atom stereocenters. The Morgan fingerprint density at radius 1 is 1.27 bits per heavy atom. The summed E-state index contributed by atoms with van der Waals surface area (Å²) in [5.74, 6) is 0.555. The van der Waals surface area contributed by atoms with Crippen LogP contribution in [0.4, 0.5) is 0 Å². The molecule has 0 bridgehead atoms. The van der Waals surface area contributed by atoms with E-state index in [9.17, 15) is 0 Å². The normalized spacial score (nSPS) is 19.3. The van der Waals surface area contributed by atoms with Gasteiger partial charge in [-0.25, -0.2) is 0 Å². The lowest BCUT2D eigenvalue weighted by molar-refractivity contribution is 0.624. The van der Waals surface area contributed by atoms with E-state index in [0.29, 0.717) is 12.0 Å². The maximum Gasteiger partial charge on any atom is 0.0204 e. The topological polar surface area (TPSA) is 12.0 Å². The van der Waals surface area contributed by atoms with Gasteiger partial charge in [0.25, 0.3) is 0 Å². The van der Waals surface area contributed by atoms with E-state index in [4.69, 9.17) is 0 Å². The second-order valence-electron chi connectivity index (χ2n) is 3.88. The standard InChI is InChI=1S/C12H19N.C2H6/c1-10(2)13-9-12-7-5-4-6-11(3)8-12;1-2/h4-8,10-11,13H,9H2,1-3H3;1-2H3. The molecular weight excluding hydrogens is 182 g/mol. The van der Waals surface area contributed by atoms with Crippen LogP contribution in [0.5, 0.6) is 0 Å². The molecule has 0 aliphatic heterocycles. The SMILES string of the molecule is CC.CC1C=CC=CC(CNC(C)C)=C1. The molecular formula is C14H25N. The molecule has 1 N–H and O–H groups in total. The Kier molecular flexibility index (Phi) is 8.02. The van der Waals surface area contributed by atoms with Crippen molar-refractivity contribution in [1.29, 1.82) is 0 Å². The van der Waals surface area contributed by atoms with Gasteiger partial charge in [0, 0.05) is 12.6 Å². The average Bonchev–Trinajstić information content (AvgIpc) is 2.43. The Balaban J connectivity index is 0.000000921. The van der Waals surface area contributed by atoms with Crippen molar-refractivity contribution in [3.8, 4) is 0 Å². The quantitative estimate of drug-likeness (QED) is 0.744. The summed E-state index contributed by atoms with van der Waals surface area (Å²) in [4.78, 5) is 0. The predicted molar refractivity (Wildman–Crippen MR) is 70.0 cm³/mol. The lowest BCUT2D eigenvalue weighted by Crippen LogP contribution is -2.24. The highest BCUT2D eigenvalue weighted by molar-refractivity contribution is 5.28. The van der Waals surface area contributed by atoms with E-state index in [1.165, 1.54) is 5.57 Å². The summed E-state index contributed by atoms with van der Waals surface area (Å²) in [5.41, 5.74) is 1.38. The van der Waals surface area contributed by atoms with Crippen molar-refractivity contribution in [2.24, 2.45) is 5.92 Å². The molecule has 0 saturated carbocycles. The van der Waals surface area contributed by atoms with Gasteiger partial charge in [0.2, 0.25) is 0 Å². The van der Waals surface area contributed by atoms with E-state index in [1.807, 2.05) is 13.8 Å². The monoisotopic (exact) mass is 207 g/mol. The van der Waals surface area contributed by atoms with E-state index in [1.54, 1.807) is 0 Å². The van der Waals surface area contributed by atoms with E-state index in [2.05, 4.69) is 56.5 Å². The van der Waals surface area contributed by atoms with Crippen LogP contribution >= 0.6 is 0 Å². The highest BCUT2D eigenvalue weighted by Crippen LogP contribution is 2.09. The van der Waals surface area contributed by atoms with Crippen LogP contribution in [-0.2, 0) is 0 Å². The number of allylic oxidation sites excluding steroid dienone is 4. The molecule has 1 nitrogen and oxygen atoms in total. The first kappa shape index (κ1) is 14.2. The molecule has 86 valence electrons. The first-order valence-electron chi connectivity index (χ1n) is 5.97. The van der Waals surface area contributed by atoms with Crippen molar-refractivity contribution >= 4 is 0 Å². The fourth-order valence-electron chi connectivity index (χ4n) is 1.31. The highest BCUT2D eigenvalue weighted by atomic mass is 14.9. The van der Waals surface area contributed by atoms with Crippen molar-refractivity contribution in [1.82, 2.24) is 5.32 Å². The number of rotatable bonds is 3. The molecule has 0 amide bonds. The zero-order valence-electron chi connectivity index (χ0n) is 10.7. The van der Waals surface area contributed by atoms with Gasteiger partial charge in [0.15, 0.2) is 0 Å². The van der Waals surface area contributed by atoms with Gasteiger partial charge in [-0.3, -0.25) is 0 Å². The molecule has 0 fully saturated rings. The molecule has 0 heterocycles. The van der Waals surface area contributed by atoms with Crippen LogP contribution in [0.1, 0.15) is 34.6 Å². The largest absolute Gasteiger partial charge is 0.310 e. The molecule has 0 radical (unpaired) electrons. The number of hydrogen-bond acceptors (Lipinski definition) is 1. The van der Waals surface area contributed by atoms with Crippen LogP contribution in [0.3, 0.4) is 0 Å². The number of nitrogens with one attached hydrogen (secondary N) is 1. The Hall–Kier alpha value is -0.820. The second-order valence-corrected chi connectivity index (χ2v) is 3.88. The molecule has 0 spiro atoms. The summed E-state index contributed by atoms with van der Waals surface area (Å²) < 4.78 is 0. The minimum absolute atomic E-state index is 0.555. The third-order valence-electron chi connectivity index (χ3n) is 2.03. The summed E-state index contributed by atoms with van der Waals surface area (Å²) in [6, 6.07) is 0.556. The minimum atomic E-state index is 0.555. The third-order valence-corrected chi connectivity index (χ3v) is 2.03. The van der Waals surface area contributed by atoms with Gasteiger partial charge >= 0.3 is 0 Å². The van der Waals surface area contributed by atoms with Crippen molar-refractivity contribution in [3.05, 3.63) is 36.0 Å². The van der Waals surface area contributed by atoms with Gasteiger partial charge in [0.05, 0.1) is 0 Å². The predicted octanol–water partition coefficient (Wildman–Crippen LogP) is 3.70. The van der Waals surface area contributed by atoms with Crippen LogP contribution < -0.4 is 5.32 Å². The molecule has 0 aromatic rings. The van der Waals surface area contributed by atoms with Crippen LogP contribution in [-0.4, -0.2) is 12.6 Å². The molecule has 1 aliphatic rings. The van der Waals surface area contributed by atoms with Gasteiger partial charge in [-0.05, 0) is 11.5 Å². The Morgan fingerprint density at radius 2 is 1.93 bits per heavy atom. The molecule has 1 heteroatoms. The maximum atomic E-state index is 3.42. The molecule has 0 saturated heterocycles. The lowest BCUT2D eigenvalue weighted by Gasteiger charge is -2.09. The molecule has 15 heavy (non-hydrogen) atoms. The van der Waals surface area contributed by atoms with Crippen molar-refractivity contribution < 1.29 is 0 Å². The van der Waals surface area contributed by atoms with Gasteiger partial charge < -0.3 is 5.32 Å². The zero-order chi connectivity index (χ0) is 11.7. The Labute approximate surface area is 95.0 Å². The Bertz CT molecular complexity index is 234. The van der Waals surface area contributed by atoms with Crippen LogP contribution in [0.25, 0.3) is 0 Å². The van der Waals surface area contributed by atoms with Crippen molar-refractivity contribution in [2.75, 3.05) is 6.54 Å². The molecule has 1 unspecified atom stereocenters. The van der Waals surface area contributed by atoms with Gasteiger partial charge in [0.1, 0.15) is 0 Å². The van der Waals surface area contributed by atoms with Gasteiger partial charge in [-0.2, -0.15) is 0 Å². The molecule has 1 aliphatic carbocycles. The van der Waals surface area contributed by atoms with Crippen molar-refractivity contribution in [3.63, 3.8) is 0 Å². The van der Waals surface area contributed by atoms with Gasteiger partial charge in [-0.15, -0.1) is 0 Å². The maximum absolute atomic E-state index is 3.42. The van der Waals surface area contributed by atoms with E-state index in [-0.39, 0.29) is 0 Å². The van der Waals surface area contributed by atoms with Crippen LogP contribution in [0.2, 0.25) is 0 Å². The Morgan fingerprint density at radius 3 is 2.53 bits per heavy atom. The smallest absolute Gasteiger partial charge is 0.0204 e. The van der Waals surface area contributed by atoms with Crippen LogP contribution in [0, 0.1) is 5.92 Å². The molecule has 0 aromatic carbocycles. The lowest BCUT2D eigenvalue weighted by atomic mass is 10.1. The number of hydrogen-bond donors (Lipinski definition) is 1. The second kappa shape index (κ2) is 8.49. The molecule has 0 aromatic heterocycles. The summed E-state index contributed by atoms with van der Waals surface area (Å²) in [6.45, 7) is 11.5. The van der Waals surface area contributed by atoms with E-state index in [0.717, 1.165) is 6.54 Å². The first-order valence-corrected chi connectivity index (χ1v) is 5.97. The highest BCUT2D eigenvalue weighted by Gasteiger charge is 1.99. The fraction of sp³-hybridized carbons (Fsp3) is 0.571. The fourth-order valence-corrected chi connectivity index (χ4v) is 1.31. The average molecular weight is 207 g/mol. The first-order chi connectivity index (χ1) is 7.18.